The Kier molecular flexibility index (Phi) is 6.51. The van der Waals surface area contributed by atoms with Crippen LogP contribution in [0.1, 0.15) is 6.92 Å². The van der Waals surface area contributed by atoms with Crippen LogP contribution in [0.5, 0.6) is 11.5 Å². The Balaban J connectivity index is 1.32. The standard InChI is InChI=1S/C20H20N4O6S2/c1-2-32(26,27)24-14-5-3-13(4-6-14)19-22-23-20(30-19)31-12-18(25)21-15-7-8-16-17(11-15)29-10-9-28-16/h3-8,11,24H,2,9-10,12H2,1H3,(H,21,25). The molecule has 4 rings (SSSR count). The van der Waals surface area contributed by atoms with E-state index in [2.05, 4.69) is 20.2 Å². The highest BCUT2D eigenvalue weighted by Crippen LogP contribution is 2.32. The second-order valence-electron chi connectivity index (χ2n) is 6.65. The molecule has 0 unspecified atom stereocenters. The van der Waals surface area contributed by atoms with Gasteiger partial charge in [-0.05, 0) is 43.3 Å². The molecule has 0 aliphatic carbocycles. The number of fused-ring (bicyclic) bond motifs is 1. The molecule has 1 amide bonds. The van der Waals surface area contributed by atoms with E-state index in [4.69, 9.17) is 13.9 Å². The highest BCUT2D eigenvalue weighted by Gasteiger charge is 2.15. The van der Waals surface area contributed by atoms with Gasteiger partial charge in [0.15, 0.2) is 11.5 Å². The lowest BCUT2D eigenvalue weighted by molar-refractivity contribution is -0.113. The predicted molar refractivity (Wildman–Crippen MR) is 120 cm³/mol. The Hall–Kier alpha value is -3.25. The summed E-state index contributed by atoms with van der Waals surface area (Å²) >= 11 is 1.11. The SMILES string of the molecule is CCS(=O)(=O)Nc1ccc(-c2nnc(SCC(=O)Nc3ccc4c(c3)OCCO4)o2)cc1. The summed E-state index contributed by atoms with van der Waals surface area (Å²) in [7, 11) is -3.34. The molecule has 1 aliphatic heterocycles. The number of amides is 1. The number of nitrogens with one attached hydrogen (secondary N) is 2. The van der Waals surface area contributed by atoms with Crippen LogP contribution >= 0.6 is 11.8 Å². The first-order valence-corrected chi connectivity index (χ1v) is 12.3. The van der Waals surface area contributed by atoms with E-state index in [0.29, 0.717) is 41.7 Å². The first-order chi connectivity index (χ1) is 15.4. The third kappa shape index (κ3) is 5.51. The molecule has 2 N–H and O–H groups in total. The van der Waals surface area contributed by atoms with E-state index in [1.54, 1.807) is 49.4 Å². The quantitative estimate of drug-likeness (QED) is 0.471. The van der Waals surface area contributed by atoms with Gasteiger partial charge in [0.05, 0.1) is 11.5 Å². The number of carbonyl (C=O) groups is 1. The Bertz CT molecular complexity index is 1210. The Morgan fingerprint density at radius 1 is 1.03 bits per heavy atom. The first kappa shape index (κ1) is 22.0. The van der Waals surface area contributed by atoms with Crippen LogP contribution in [-0.4, -0.2) is 49.2 Å². The fourth-order valence-corrected chi connectivity index (χ4v) is 3.97. The van der Waals surface area contributed by atoms with Crippen molar-refractivity contribution in [2.45, 2.75) is 12.1 Å². The summed E-state index contributed by atoms with van der Waals surface area (Å²) in [6.45, 7) is 2.53. The maximum absolute atomic E-state index is 12.3. The lowest BCUT2D eigenvalue weighted by Gasteiger charge is -2.18. The second-order valence-corrected chi connectivity index (χ2v) is 9.59. The van der Waals surface area contributed by atoms with E-state index < -0.39 is 10.0 Å². The summed E-state index contributed by atoms with van der Waals surface area (Å²) in [6.07, 6.45) is 0. The van der Waals surface area contributed by atoms with Crippen molar-refractivity contribution in [2.75, 3.05) is 34.8 Å². The summed E-state index contributed by atoms with van der Waals surface area (Å²) in [5.41, 5.74) is 1.68. The zero-order chi connectivity index (χ0) is 22.6. The Morgan fingerprint density at radius 3 is 2.50 bits per heavy atom. The molecular weight excluding hydrogens is 456 g/mol. The summed E-state index contributed by atoms with van der Waals surface area (Å²) in [5, 5.41) is 11.0. The predicted octanol–water partition coefficient (Wildman–Crippen LogP) is 3.00. The van der Waals surface area contributed by atoms with Crippen molar-refractivity contribution >= 4 is 39.1 Å². The van der Waals surface area contributed by atoms with Gasteiger partial charge in [0.1, 0.15) is 13.2 Å². The first-order valence-electron chi connectivity index (χ1n) is 9.68. The van der Waals surface area contributed by atoms with Crippen molar-refractivity contribution < 1.29 is 27.1 Å². The maximum atomic E-state index is 12.3. The molecule has 2 aromatic carbocycles. The number of thioether (sulfide) groups is 1. The molecule has 12 heteroatoms. The molecule has 1 aromatic heterocycles. The van der Waals surface area contributed by atoms with Gasteiger partial charge in [0, 0.05) is 23.0 Å². The lowest BCUT2D eigenvalue weighted by atomic mass is 10.2. The number of hydrogen-bond donors (Lipinski definition) is 2. The average molecular weight is 477 g/mol. The number of aromatic nitrogens is 2. The minimum absolute atomic E-state index is 0.0127. The van der Waals surface area contributed by atoms with Crippen LogP contribution in [0.25, 0.3) is 11.5 Å². The number of sulfonamides is 1. The van der Waals surface area contributed by atoms with Gasteiger partial charge in [-0.15, -0.1) is 10.2 Å². The van der Waals surface area contributed by atoms with Gasteiger partial charge < -0.3 is 19.2 Å². The fraction of sp³-hybridized carbons (Fsp3) is 0.250. The Labute approximate surface area is 188 Å². The molecule has 10 nitrogen and oxygen atoms in total. The summed E-state index contributed by atoms with van der Waals surface area (Å²) in [5.74, 6) is 1.34. The molecule has 0 spiro atoms. The minimum Gasteiger partial charge on any atom is -0.486 e. The zero-order valence-corrected chi connectivity index (χ0v) is 18.7. The van der Waals surface area contributed by atoms with Gasteiger partial charge in [-0.2, -0.15) is 0 Å². The summed E-state index contributed by atoms with van der Waals surface area (Å²) in [6, 6.07) is 11.8. The van der Waals surface area contributed by atoms with Crippen molar-refractivity contribution in [3.63, 3.8) is 0 Å². The second kappa shape index (κ2) is 9.49. The van der Waals surface area contributed by atoms with Crippen LogP contribution < -0.4 is 19.5 Å². The number of hydrogen-bond acceptors (Lipinski definition) is 9. The third-order valence-electron chi connectivity index (χ3n) is 4.34. The van der Waals surface area contributed by atoms with E-state index >= 15 is 0 Å². The van der Waals surface area contributed by atoms with E-state index in [-0.39, 0.29) is 28.5 Å². The molecule has 168 valence electrons. The fourth-order valence-electron chi connectivity index (χ4n) is 2.76. The number of nitrogens with zero attached hydrogens (tertiary/aromatic N) is 2. The molecule has 0 atom stereocenters. The van der Waals surface area contributed by atoms with E-state index in [0.717, 1.165) is 11.8 Å². The molecule has 0 saturated heterocycles. The van der Waals surface area contributed by atoms with Crippen LogP contribution in [0, 0.1) is 0 Å². The average Bonchev–Trinajstić information content (AvgIpc) is 3.27. The van der Waals surface area contributed by atoms with E-state index in [1.165, 1.54) is 0 Å². The van der Waals surface area contributed by atoms with Crippen molar-refractivity contribution in [3.8, 4) is 23.0 Å². The highest BCUT2D eigenvalue weighted by molar-refractivity contribution is 7.99. The number of anilines is 2. The van der Waals surface area contributed by atoms with Gasteiger partial charge in [0.25, 0.3) is 5.22 Å². The largest absolute Gasteiger partial charge is 0.486 e. The normalized spacial score (nSPS) is 12.9. The topological polar surface area (TPSA) is 133 Å². The van der Waals surface area contributed by atoms with Gasteiger partial charge in [-0.1, -0.05) is 11.8 Å². The van der Waals surface area contributed by atoms with Crippen molar-refractivity contribution in [3.05, 3.63) is 42.5 Å². The van der Waals surface area contributed by atoms with E-state index in [9.17, 15) is 13.2 Å². The van der Waals surface area contributed by atoms with Crippen molar-refractivity contribution in [2.24, 2.45) is 0 Å². The molecule has 0 saturated carbocycles. The lowest BCUT2D eigenvalue weighted by Crippen LogP contribution is -2.17. The van der Waals surface area contributed by atoms with E-state index in [1.807, 2.05) is 0 Å². The van der Waals surface area contributed by atoms with Crippen LogP contribution in [0.15, 0.2) is 52.1 Å². The smallest absolute Gasteiger partial charge is 0.277 e. The molecule has 32 heavy (non-hydrogen) atoms. The third-order valence-corrected chi connectivity index (χ3v) is 6.47. The molecule has 0 radical (unpaired) electrons. The number of rotatable bonds is 8. The highest BCUT2D eigenvalue weighted by atomic mass is 32.2. The summed E-state index contributed by atoms with van der Waals surface area (Å²) < 4.78 is 42.3. The molecular formula is C20H20N4O6S2. The minimum atomic E-state index is -3.34. The van der Waals surface area contributed by atoms with Crippen LogP contribution in [0.3, 0.4) is 0 Å². The molecule has 0 fully saturated rings. The summed E-state index contributed by atoms with van der Waals surface area (Å²) in [4.78, 5) is 12.3. The van der Waals surface area contributed by atoms with Gasteiger partial charge in [-0.3, -0.25) is 9.52 Å². The number of ether oxygens (including phenoxy) is 2. The molecule has 1 aliphatic rings. The molecule has 0 bridgehead atoms. The van der Waals surface area contributed by atoms with Crippen molar-refractivity contribution in [1.29, 1.82) is 0 Å². The van der Waals surface area contributed by atoms with Crippen LogP contribution in [0.4, 0.5) is 11.4 Å². The van der Waals surface area contributed by atoms with Gasteiger partial charge >= 0.3 is 0 Å². The number of carbonyl (C=O) groups excluding carboxylic acids is 1. The van der Waals surface area contributed by atoms with Gasteiger partial charge in [-0.25, -0.2) is 8.42 Å². The Morgan fingerprint density at radius 2 is 1.75 bits per heavy atom. The van der Waals surface area contributed by atoms with Crippen LogP contribution in [0.2, 0.25) is 0 Å². The van der Waals surface area contributed by atoms with Crippen molar-refractivity contribution in [1.82, 2.24) is 10.2 Å². The molecule has 2 heterocycles. The maximum Gasteiger partial charge on any atom is 0.277 e. The monoisotopic (exact) mass is 476 g/mol. The molecule has 3 aromatic rings. The van der Waals surface area contributed by atoms with Crippen LogP contribution in [-0.2, 0) is 14.8 Å². The number of benzene rings is 2. The van der Waals surface area contributed by atoms with Gasteiger partial charge in [0.2, 0.25) is 21.8 Å². The zero-order valence-electron chi connectivity index (χ0n) is 17.0.